The fourth-order valence-electron chi connectivity index (χ4n) is 3.03. The molecular weight excluding hydrogens is 312 g/mol. The molecule has 0 aliphatic carbocycles. The Balaban J connectivity index is 1.58. The zero-order valence-corrected chi connectivity index (χ0v) is 14.1. The largest absolute Gasteiger partial charge is 0.452 e. The molecule has 1 fully saturated rings. The highest BCUT2D eigenvalue weighted by atomic mass is 32.2. The highest BCUT2D eigenvalue weighted by molar-refractivity contribution is 7.89. The molecule has 1 aliphatic rings. The summed E-state index contributed by atoms with van der Waals surface area (Å²) in [7, 11) is -1.88. The highest BCUT2D eigenvalue weighted by Crippen LogP contribution is 2.23. The zero-order valence-electron chi connectivity index (χ0n) is 13.3. The summed E-state index contributed by atoms with van der Waals surface area (Å²) in [6, 6.07) is 13.5. The second-order valence-electron chi connectivity index (χ2n) is 5.95. The molecule has 5 nitrogen and oxygen atoms in total. The predicted molar refractivity (Wildman–Crippen MR) is 88.4 cm³/mol. The minimum Gasteiger partial charge on any atom is -0.452 e. The third-order valence-corrected chi connectivity index (χ3v) is 6.25. The van der Waals surface area contributed by atoms with E-state index in [1.54, 1.807) is 13.1 Å². The van der Waals surface area contributed by atoms with Crippen molar-refractivity contribution >= 4 is 10.0 Å². The first-order valence-electron chi connectivity index (χ1n) is 7.85. The van der Waals surface area contributed by atoms with Gasteiger partial charge in [-0.2, -0.15) is 4.31 Å². The van der Waals surface area contributed by atoms with Crippen molar-refractivity contribution < 1.29 is 12.8 Å². The molecule has 1 aromatic carbocycles. The van der Waals surface area contributed by atoms with E-state index in [0.717, 1.165) is 32.5 Å². The van der Waals surface area contributed by atoms with Gasteiger partial charge in [-0.1, -0.05) is 30.3 Å². The summed E-state index contributed by atoms with van der Waals surface area (Å²) in [6.07, 6.45) is 3.07. The second-order valence-corrected chi connectivity index (χ2v) is 7.87. The highest BCUT2D eigenvalue weighted by Gasteiger charge is 2.32. The molecule has 0 bridgehead atoms. The average Bonchev–Trinajstić information content (AvgIpc) is 3.11. The van der Waals surface area contributed by atoms with E-state index in [1.165, 1.54) is 22.2 Å². The number of piperidine rings is 1. The lowest BCUT2D eigenvalue weighted by Crippen LogP contribution is -2.45. The Kier molecular flexibility index (Phi) is 4.84. The summed E-state index contributed by atoms with van der Waals surface area (Å²) < 4.78 is 31.5. The van der Waals surface area contributed by atoms with Crippen molar-refractivity contribution in [2.75, 3.05) is 20.1 Å². The number of likely N-dealkylation sites (tertiary alicyclic amines) is 1. The summed E-state index contributed by atoms with van der Waals surface area (Å²) in [6.45, 7) is 2.72. The van der Waals surface area contributed by atoms with Gasteiger partial charge in [0.1, 0.15) is 0 Å². The quantitative estimate of drug-likeness (QED) is 0.843. The van der Waals surface area contributed by atoms with Crippen LogP contribution in [0.4, 0.5) is 0 Å². The van der Waals surface area contributed by atoms with E-state index >= 15 is 0 Å². The van der Waals surface area contributed by atoms with Crippen LogP contribution in [0.25, 0.3) is 0 Å². The van der Waals surface area contributed by atoms with Crippen LogP contribution in [0.2, 0.25) is 0 Å². The molecule has 0 unspecified atom stereocenters. The summed E-state index contributed by atoms with van der Waals surface area (Å²) in [5.41, 5.74) is 1.29. The van der Waals surface area contributed by atoms with Gasteiger partial charge in [0.05, 0.1) is 6.26 Å². The Morgan fingerprint density at radius 1 is 1.13 bits per heavy atom. The summed E-state index contributed by atoms with van der Waals surface area (Å²) in [5.74, 6) is 0. The molecule has 23 heavy (non-hydrogen) atoms. The van der Waals surface area contributed by atoms with Crippen molar-refractivity contribution in [1.29, 1.82) is 0 Å². The van der Waals surface area contributed by atoms with Crippen molar-refractivity contribution in [2.45, 2.75) is 30.5 Å². The molecule has 1 saturated heterocycles. The molecular formula is C17H22N2O3S. The minimum absolute atomic E-state index is 0.0201. The van der Waals surface area contributed by atoms with Crippen LogP contribution in [-0.2, 0) is 16.6 Å². The van der Waals surface area contributed by atoms with E-state index in [9.17, 15) is 8.42 Å². The van der Waals surface area contributed by atoms with Gasteiger partial charge in [-0.3, -0.25) is 4.90 Å². The maximum atomic E-state index is 12.5. The van der Waals surface area contributed by atoms with E-state index in [0.29, 0.717) is 0 Å². The van der Waals surface area contributed by atoms with Crippen LogP contribution in [0.15, 0.2) is 58.2 Å². The minimum atomic E-state index is -3.52. The molecule has 3 rings (SSSR count). The van der Waals surface area contributed by atoms with Crippen LogP contribution in [0.1, 0.15) is 18.4 Å². The Morgan fingerprint density at radius 2 is 1.83 bits per heavy atom. The molecule has 2 aromatic rings. The van der Waals surface area contributed by atoms with Crippen molar-refractivity contribution in [1.82, 2.24) is 9.21 Å². The Hall–Kier alpha value is -1.63. The number of furan rings is 1. The van der Waals surface area contributed by atoms with Gasteiger partial charge in [0.25, 0.3) is 10.0 Å². The molecule has 1 aromatic heterocycles. The maximum Gasteiger partial charge on any atom is 0.276 e. The van der Waals surface area contributed by atoms with Crippen LogP contribution in [0.5, 0.6) is 0 Å². The molecule has 0 saturated carbocycles. The van der Waals surface area contributed by atoms with Gasteiger partial charge in [0.15, 0.2) is 0 Å². The lowest BCUT2D eigenvalue weighted by atomic mass is 10.0. The maximum absolute atomic E-state index is 12.5. The normalized spacial score (nSPS) is 17.7. The number of hydrogen-bond donors (Lipinski definition) is 0. The van der Waals surface area contributed by atoms with Crippen molar-refractivity contribution in [3.63, 3.8) is 0 Å². The fourth-order valence-corrected chi connectivity index (χ4v) is 4.35. The van der Waals surface area contributed by atoms with Crippen LogP contribution in [-0.4, -0.2) is 43.8 Å². The zero-order chi connectivity index (χ0) is 16.3. The van der Waals surface area contributed by atoms with Gasteiger partial charge in [-0.15, -0.1) is 0 Å². The summed E-state index contributed by atoms with van der Waals surface area (Å²) in [4.78, 5) is 2.37. The van der Waals surface area contributed by atoms with Crippen molar-refractivity contribution in [3.05, 3.63) is 54.3 Å². The number of hydrogen-bond acceptors (Lipinski definition) is 4. The van der Waals surface area contributed by atoms with Gasteiger partial charge in [-0.25, -0.2) is 8.42 Å². The first kappa shape index (κ1) is 16.2. The molecule has 0 spiro atoms. The lowest BCUT2D eigenvalue weighted by Gasteiger charge is -2.35. The van der Waals surface area contributed by atoms with Gasteiger partial charge in [0, 0.05) is 32.7 Å². The summed E-state index contributed by atoms with van der Waals surface area (Å²) in [5, 5.41) is 0.0201. The molecule has 6 heteroatoms. The molecule has 0 radical (unpaired) electrons. The van der Waals surface area contributed by atoms with Gasteiger partial charge in [-0.05, 0) is 30.5 Å². The second kappa shape index (κ2) is 6.86. The third kappa shape index (κ3) is 3.65. The SMILES string of the molecule is CN(C1CCN(Cc2ccccc2)CC1)S(=O)(=O)c1ccco1. The number of sulfonamides is 1. The number of nitrogens with zero attached hydrogens (tertiary/aromatic N) is 2. The molecule has 0 N–H and O–H groups in total. The standard InChI is InChI=1S/C17H22N2O3S/c1-18(23(20,21)17-8-5-13-22-17)16-9-11-19(12-10-16)14-15-6-3-2-4-7-15/h2-8,13,16H,9-12,14H2,1H3. The first-order valence-corrected chi connectivity index (χ1v) is 9.29. The van der Waals surface area contributed by atoms with Crippen LogP contribution in [0, 0.1) is 0 Å². The van der Waals surface area contributed by atoms with E-state index in [4.69, 9.17) is 4.42 Å². The van der Waals surface area contributed by atoms with Gasteiger partial charge in [0.2, 0.25) is 5.09 Å². The Labute approximate surface area is 137 Å². The van der Waals surface area contributed by atoms with Gasteiger partial charge < -0.3 is 4.42 Å². The molecule has 0 atom stereocenters. The Bertz CT molecular complexity index is 706. The van der Waals surface area contributed by atoms with E-state index in [2.05, 4.69) is 17.0 Å². The van der Waals surface area contributed by atoms with E-state index in [1.807, 2.05) is 18.2 Å². The third-order valence-electron chi connectivity index (χ3n) is 4.45. The van der Waals surface area contributed by atoms with Gasteiger partial charge >= 0.3 is 0 Å². The van der Waals surface area contributed by atoms with Crippen LogP contribution in [0.3, 0.4) is 0 Å². The van der Waals surface area contributed by atoms with E-state index < -0.39 is 10.0 Å². The lowest BCUT2D eigenvalue weighted by molar-refractivity contribution is 0.163. The number of benzene rings is 1. The van der Waals surface area contributed by atoms with Crippen LogP contribution >= 0.6 is 0 Å². The molecule has 0 amide bonds. The smallest absolute Gasteiger partial charge is 0.276 e. The topological polar surface area (TPSA) is 53.8 Å². The average molecular weight is 334 g/mol. The number of rotatable bonds is 5. The van der Waals surface area contributed by atoms with E-state index in [-0.39, 0.29) is 11.1 Å². The molecule has 1 aliphatic heterocycles. The van der Waals surface area contributed by atoms with Crippen molar-refractivity contribution in [2.24, 2.45) is 0 Å². The monoisotopic (exact) mass is 334 g/mol. The van der Waals surface area contributed by atoms with Crippen molar-refractivity contribution in [3.8, 4) is 0 Å². The molecule has 124 valence electrons. The summed E-state index contributed by atoms with van der Waals surface area (Å²) >= 11 is 0. The Morgan fingerprint density at radius 3 is 2.43 bits per heavy atom. The fraction of sp³-hybridized carbons (Fsp3) is 0.412. The first-order chi connectivity index (χ1) is 11.1. The van der Waals surface area contributed by atoms with Crippen LogP contribution < -0.4 is 0 Å². The predicted octanol–water partition coefficient (Wildman–Crippen LogP) is 2.56. The molecule has 2 heterocycles.